The quantitative estimate of drug-likeness (QED) is 0.546. The second-order valence-electron chi connectivity index (χ2n) is 2.73. The van der Waals surface area contributed by atoms with Crippen LogP contribution in [0.15, 0.2) is 70.5 Å². The summed E-state index contributed by atoms with van der Waals surface area (Å²) in [5, 5.41) is 0. The second-order valence-corrected chi connectivity index (χ2v) is 3.88. The van der Waals surface area contributed by atoms with Crippen LogP contribution in [0.25, 0.3) is 0 Å². The Bertz CT molecular complexity index is 333. The summed E-state index contributed by atoms with van der Waals surface area (Å²) in [7, 11) is 0. The molecule has 15 heavy (non-hydrogen) atoms. The Balaban J connectivity index is -0.000000490. The number of rotatable bonds is 2. The van der Waals surface area contributed by atoms with Crippen LogP contribution >= 0.6 is 11.8 Å². The van der Waals surface area contributed by atoms with Crippen molar-refractivity contribution in [2.75, 3.05) is 0 Å². The SMILES string of the molecule is [H-].[H-].[Na+].[Na+].c1ccc(Sc2ccccc2)cc1. The summed E-state index contributed by atoms with van der Waals surface area (Å²) in [4.78, 5) is 2.57. The van der Waals surface area contributed by atoms with E-state index in [1.807, 2.05) is 12.1 Å². The van der Waals surface area contributed by atoms with Gasteiger partial charge in [0.15, 0.2) is 0 Å². The van der Waals surface area contributed by atoms with Crippen LogP contribution in [0.5, 0.6) is 0 Å². The van der Waals surface area contributed by atoms with Crippen molar-refractivity contribution in [3.05, 3.63) is 60.7 Å². The van der Waals surface area contributed by atoms with Crippen molar-refractivity contribution in [1.82, 2.24) is 0 Å². The van der Waals surface area contributed by atoms with Gasteiger partial charge in [-0.3, -0.25) is 0 Å². The van der Waals surface area contributed by atoms with Gasteiger partial charge in [0.2, 0.25) is 0 Å². The predicted octanol–water partition coefficient (Wildman–Crippen LogP) is -1.93. The third-order valence-corrected chi connectivity index (χ3v) is 2.74. The molecule has 0 aromatic heterocycles. The van der Waals surface area contributed by atoms with E-state index in [-0.39, 0.29) is 62.0 Å². The molecule has 0 spiro atoms. The van der Waals surface area contributed by atoms with Crippen LogP contribution in [0, 0.1) is 0 Å². The van der Waals surface area contributed by atoms with Crippen molar-refractivity contribution in [1.29, 1.82) is 0 Å². The van der Waals surface area contributed by atoms with Crippen molar-refractivity contribution >= 4 is 11.8 Å². The van der Waals surface area contributed by atoms with Gasteiger partial charge in [-0.15, -0.1) is 0 Å². The van der Waals surface area contributed by atoms with Gasteiger partial charge in [-0.25, -0.2) is 0 Å². The van der Waals surface area contributed by atoms with Crippen molar-refractivity contribution in [2.45, 2.75) is 9.79 Å². The maximum Gasteiger partial charge on any atom is 1.00 e. The summed E-state index contributed by atoms with van der Waals surface area (Å²) in [6.45, 7) is 0. The molecule has 0 aliphatic carbocycles. The fraction of sp³-hybridized carbons (Fsp3) is 0. The Labute approximate surface area is 142 Å². The Morgan fingerprint density at radius 3 is 1.27 bits per heavy atom. The molecule has 0 N–H and O–H groups in total. The average molecular weight is 234 g/mol. The van der Waals surface area contributed by atoms with Gasteiger partial charge in [0.1, 0.15) is 0 Å². The van der Waals surface area contributed by atoms with Gasteiger partial charge in [-0.05, 0) is 24.3 Å². The molecule has 68 valence electrons. The zero-order valence-electron chi connectivity index (χ0n) is 11.2. The van der Waals surface area contributed by atoms with Crippen LogP contribution in [-0.2, 0) is 0 Å². The molecular weight excluding hydrogens is 222 g/mol. The van der Waals surface area contributed by atoms with Crippen LogP contribution in [0.4, 0.5) is 0 Å². The largest absolute Gasteiger partial charge is 1.00 e. The minimum atomic E-state index is 0. The number of hydrogen-bond donors (Lipinski definition) is 0. The number of benzene rings is 2. The molecule has 0 heterocycles. The molecule has 0 aliphatic heterocycles. The summed E-state index contributed by atoms with van der Waals surface area (Å²) < 4.78 is 0. The van der Waals surface area contributed by atoms with E-state index in [2.05, 4.69) is 48.5 Å². The average Bonchev–Trinajstić information content (AvgIpc) is 2.21. The van der Waals surface area contributed by atoms with Gasteiger partial charge in [-0.2, -0.15) is 0 Å². The molecule has 0 unspecified atom stereocenters. The van der Waals surface area contributed by atoms with Gasteiger partial charge < -0.3 is 2.85 Å². The molecule has 0 amide bonds. The first-order chi connectivity index (χ1) is 6.45. The first-order valence-corrected chi connectivity index (χ1v) is 5.05. The van der Waals surface area contributed by atoms with E-state index in [9.17, 15) is 0 Å². The summed E-state index contributed by atoms with van der Waals surface area (Å²) in [5.74, 6) is 0. The third-order valence-electron chi connectivity index (χ3n) is 1.72. The van der Waals surface area contributed by atoms with Crippen LogP contribution in [0.1, 0.15) is 2.85 Å². The maximum atomic E-state index is 2.12. The third kappa shape index (κ3) is 5.60. The summed E-state index contributed by atoms with van der Waals surface area (Å²) in [6.07, 6.45) is 0. The molecule has 0 aliphatic rings. The van der Waals surface area contributed by atoms with E-state index in [1.165, 1.54) is 9.79 Å². The molecule has 0 atom stereocenters. The van der Waals surface area contributed by atoms with Gasteiger partial charge in [-0.1, -0.05) is 48.2 Å². The van der Waals surface area contributed by atoms with Crippen molar-refractivity contribution in [2.24, 2.45) is 0 Å². The number of hydrogen-bond acceptors (Lipinski definition) is 1. The first kappa shape index (κ1) is 15.8. The zero-order valence-corrected chi connectivity index (χ0v) is 14.0. The molecule has 3 heteroatoms. The Hall–Kier alpha value is 0.790. The maximum absolute atomic E-state index is 2.12. The second kappa shape index (κ2) is 8.89. The monoisotopic (exact) mass is 234 g/mol. The Kier molecular flexibility index (Phi) is 9.35. The van der Waals surface area contributed by atoms with Crippen molar-refractivity contribution < 1.29 is 62.0 Å². The Morgan fingerprint density at radius 2 is 0.933 bits per heavy atom. The van der Waals surface area contributed by atoms with E-state index in [0.717, 1.165) is 0 Å². The van der Waals surface area contributed by atoms with E-state index < -0.39 is 0 Å². The molecule has 0 saturated carbocycles. The van der Waals surface area contributed by atoms with E-state index in [0.29, 0.717) is 0 Å². The van der Waals surface area contributed by atoms with Crippen LogP contribution in [0.2, 0.25) is 0 Å². The molecular formula is C12H12Na2S. The molecule has 2 aromatic rings. The van der Waals surface area contributed by atoms with Crippen LogP contribution < -0.4 is 59.1 Å². The molecule has 0 radical (unpaired) electrons. The normalized spacial score (nSPS) is 8.53. The fourth-order valence-electron chi connectivity index (χ4n) is 1.11. The van der Waals surface area contributed by atoms with Crippen LogP contribution in [0.3, 0.4) is 0 Å². The van der Waals surface area contributed by atoms with E-state index >= 15 is 0 Å². The smallest absolute Gasteiger partial charge is 1.00 e. The van der Waals surface area contributed by atoms with Gasteiger partial charge >= 0.3 is 59.1 Å². The summed E-state index contributed by atoms with van der Waals surface area (Å²) in [6, 6.07) is 20.8. The van der Waals surface area contributed by atoms with Crippen LogP contribution in [-0.4, -0.2) is 0 Å². The minimum Gasteiger partial charge on any atom is -1.00 e. The van der Waals surface area contributed by atoms with E-state index in [1.54, 1.807) is 11.8 Å². The summed E-state index contributed by atoms with van der Waals surface area (Å²) >= 11 is 1.79. The standard InChI is InChI=1S/C12H10S.2Na.2H/c1-3-7-11(8-4-1)13-12-9-5-2-6-10-12;;;;/h1-10H;;;;/q;2*+1;2*-1. The molecule has 2 rings (SSSR count). The topological polar surface area (TPSA) is 0 Å². The van der Waals surface area contributed by atoms with Crippen molar-refractivity contribution in [3.63, 3.8) is 0 Å². The minimum absolute atomic E-state index is 0. The zero-order chi connectivity index (χ0) is 8.93. The molecule has 2 aromatic carbocycles. The molecule has 0 saturated heterocycles. The summed E-state index contributed by atoms with van der Waals surface area (Å²) in [5.41, 5.74) is 0. The Morgan fingerprint density at radius 1 is 0.600 bits per heavy atom. The fourth-order valence-corrected chi connectivity index (χ4v) is 1.97. The molecule has 0 bridgehead atoms. The molecule has 0 nitrogen and oxygen atoms in total. The van der Waals surface area contributed by atoms with Gasteiger partial charge in [0.25, 0.3) is 0 Å². The van der Waals surface area contributed by atoms with Gasteiger partial charge in [0.05, 0.1) is 0 Å². The molecule has 0 fully saturated rings. The first-order valence-electron chi connectivity index (χ1n) is 4.23. The van der Waals surface area contributed by atoms with Crippen molar-refractivity contribution in [3.8, 4) is 0 Å². The predicted molar refractivity (Wildman–Crippen MR) is 59.2 cm³/mol. The van der Waals surface area contributed by atoms with E-state index in [4.69, 9.17) is 0 Å². The van der Waals surface area contributed by atoms with Gasteiger partial charge in [0, 0.05) is 9.79 Å².